The summed E-state index contributed by atoms with van der Waals surface area (Å²) in [6, 6.07) is 14.9. The normalized spacial score (nSPS) is 19.2. The summed E-state index contributed by atoms with van der Waals surface area (Å²) in [4.78, 5) is 14.9. The monoisotopic (exact) mass is 399 g/mol. The molecule has 1 amide bonds. The molecule has 7 heteroatoms. The van der Waals surface area contributed by atoms with Crippen molar-refractivity contribution >= 4 is 33.0 Å². The lowest BCUT2D eigenvalue weighted by atomic mass is 10.0. The summed E-state index contributed by atoms with van der Waals surface area (Å²) in [5.41, 5.74) is 3.69. The molecule has 0 saturated carbocycles. The Balaban J connectivity index is 1.45. The number of aryl methyl sites for hydroxylation is 1. The first-order chi connectivity index (χ1) is 13.5. The summed E-state index contributed by atoms with van der Waals surface area (Å²) >= 11 is 0. The molecule has 2 aliphatic rings. The first kappa shape index (κ1) is 18.8. The number of para-hydroxylation sites is 1. The maximum absolute atomic E-state index is 13.0. The van der Waals surface area contributed by atoms with E-state index in [1.807, 2.05) is 42.2 Å². The Kier molecular flexibility index (Phi) is 5.02. The zero-order chi connectivity index (χ0) is 19.7. The molecule has 2 aromatic rings. The average Bonchev–Trinajstić information content (AvgIpc) is 3.06. The van der Waals surface area contributed by atoms with Crippen molar-refractivity contribution in [2.24, 2.45) is 0 Å². The van der Waals surface area contributed by atoms with Gasteiger partial charge < -0.3 is 10.2 Å². The molecule has 2 aliphatic heterocycles. The van der Waals surface area contributed by atoms with Crippen molar-refractivity contribution in [2.75, 3.05) is 33.4 Å². The number of nitrogens with zero attached hydrogens (tertiary/aromatic N) is 2. The lowest BCUT2D eigenvalue weighted by Crippen LogP contribution is -2.44. The van der Waals surface area contributed by atoms with Crippen molar-refractivity contribution in [2.45, 2.75) is 32.2 Å². The minimum atomic E-state index is -3.18. The molecule has 1 saturated heterocycles. The Hall–Kier alpha value is -2.54. The molecule has 0 radical (unpaired) electrons. The van der Waals surface area contributed by atoms with Crippen molar-refractivity contribution in [1.29, 1.82) is 0 Å². The van der Waals surface area contributed by atoms with Crippen LogP contribution in [0, 0.1) is 0 Å². The molecule has 28 heavy (non-hydrogen) atoms. The predicted octanol–water partition coefficient (Wildman–Crippen LogP) is 3.01. The van der Waals surface area contributed by atoms with Crippen molar-refractivity contribution in [3.8, 4) is 0 Å². The smallest absolute Gasteiger partial charge is 0.249 e. The largest absolute Gasteiger partial charge is 0.374 e. The zero-order valence-corrected chi connectivity index (χ0v) is 16.8. The molecule has 4 rings (SSSR count). The summed E-state index contributed by atoms with van der Waals surface area (Å²) in [7, 11) is -3.18. The lowest BCUT2D eigenvalue weighted by molar-refractivity contribution is -0.119. The van der Waals surface area contributed by atoms with E-state index in [0.717, 1.165) is 30.8 Å². The minimum Gasteiger partial charge on any atom is -0.374 e. The molecule has 1 atom stereocenters. The highest BCUT2D eigenvalue weighted by molar-refractivity contribution is 7.93. The van der Waals surface area contributed by atoms with Crippen molar-refractivity contribution < 1.29 is 13.2 Å². The van der Waals surface area contributed by atoms with Crippen LogP contribution in [-0.4, -0.2) is 39.2 Å². The fraction of sp³-hybridized carbons (Fsp3) is 0.381. The van der Waals surface area contributed by atoms with E-state index >= 15 is 0 Å². The van der Waals surface area contributed by atoms with Crippen LogP contribution in [0.2, 0.25) is 0 Å². The number of hydrogen-bond donors (Lipinski definition) is 1. The van der Waals surface area contributed by atoms with E-state index < -0.39 is 10.0 Å². The standard InChI is InChI=1S/C21H25N3O3S/c1-16(21(25)23-13-4-7-17-6-2-3-8-20(17)23)22-18-9-11-19(12-10-18)24-14-5-15-28(24,26)27/h2-3,6,8-12,16,22H,4-5,7,13-15H2,1H3/t16-/m0/s1. The third-order valence-corrected chi connectivity index (χ3v) is 7.25. The fourth-order valence-electron chi connectivity index (χ4n) is 3.96. The minimum absolute atomic E-state index is 0.0401. The maximum atomic E-state index is 13.0. The number of carbonyl (C=O) groups excluding carboxylic acids is 1. The molecular formula is C21H25N3O3S. The summed E-state index contributed by atoms with van der Waals surface area (Å²) in [6.45, 7) is 3.12. The summed E-state index contributed by atoms with van der Waals surface area (Å²) in [6.07, 6.45) is 2.63. The molecule has 1 fully saturated rings. The molecule has 1 N–H and O–H groups in total. The van der Waals surface area contributed by atoms with Gasteiger partial charge >= 0.3 is 0 Å². The highest BCUT2D eigenvalue weighted by atomic mass is 32.2. The van der Waals surface area contributed by atoms with Crippen LogP contribution in [0.25, 0.3) is 0 Å². The number of carbonyl (C=O) groups is 1. The molecule has 0 spiro atoms. The molecule has 0 unspecified atom stereocenters. The molecule has 0 aliphatic carbocycles. The van der Waals surface area contributed by atoms with Crippen LogP contribution in [0.5, 0.6) is 0 Å². The van der Waals surface area contributed by atoms with Gasteiger partial charge in [0.05, 0.1) is 11.4 Å². The average molecular weight is 400 g/mol. The van der Waals surface area contributed by atoms with E-state index in [0.29, 0.717) is 18.7 Å². The topological polar surface area (TPSA) is 69.7 Å². The SMILES string of the molecule is C[C@H](Nc1ccc(N2CCCS2(=O)=O)cc1)C(=O)N1CCCc2ccccc21. The van der Waals surface area contributed by atoms with Crippen LogP contribution < -0.4 is 14.5 Å². The van der Waals surface area contributed by atoms with Gasteiger partial charge in [-0.05, 0) is 62.1 Å². The summed E-state index contributed by atoms with van der Waals surface area (Å²) < 4.78 is 25.6. The molecule has 6 nitrogen and oxygen atoms in total. The number of rotatable bonds is 4. The molecular weight excluding hydrogens is 374 g/mol. The van der Waals surface area contributed by atoms with Crippen LogP contribution in [0.4, 0.5) is 17.1 Å². The van der Waals surface area contributed by atoms with Gasteiger partial charge in [0.25, 0.3) is 0 Å². The third-order valence-electron chi connectivity index (χ3n) is 5.38. The first-order valence-corrected chi connectivity index (χ1v) is 11.3. The van der Waals surface area contributed by atoms with Crippen LogP contribution in [-0.2, 0) is 21.2 Å². The lowest BCUT2D eigenvalue weighted by Gasteiger charge is -2.32. The van der Waals surface area contributed by atoms with Gasteiger partial charge in [-0.3, -0.25) is 9.10 Å². The van der Waals surface area contributed by atoms with Gasteiger partial charge in [0, 0.05) is 24.5 Å². The number of amides is 1. The van der Waals surface area contributed by atoms with Gasteiger partial charge in [0.2, 0.25) is 15.9 Å². The number of nitrogens with one attached hydrogen (secondary N) is 1. The maximum Gasteiger partial charge on any atom is 0.249 e. The van der Waals surface area contributed by atoms with Gasteiger partial charge in [-0.2, -0.15) is 0 Å². The first-order valence-electron chi connectivity index (χ1n) is 9.72. The Morgan fingerprint density at radius 1 is 1.04 bits per heavy atom. The fourth-order valence-corrected chi connectivity index (χ4v) is 5.53. The Labute approximate surface area is 166 Å². The van der Waals surface area contributed by atoms with Crippen molar-refractivity contribution in [3.05, 3.63) is 54.1 Å². The van der Waals surface area contributed by atoms with E-state index in [4.69, 9.17) is 0 Å². The van der Waals surface area contributed by atoms with E-state index in [2.05, 4.69) is 11.4 Å². The summed E-state index contributed by atoms with van der Waals surface area (Å²) in [5, 5.41) is 3.25. The van der Waals surface area contributed by atoms with E-state index in [1.54, 1.807) is 12.1 Å². The molecule has 0 aromatic heterocycles. The van der Waals surface area contributed by atoms with Crippen LogP contribution in [0.1, 0.15) is 25.3 Å². The predicted molar refractivity (Wildman–Crippen MR) is 112 cm³/mol. The second-order valence-corrected chi connectivity index (χ2v) is 9.39. The zero-order valence-electron chi connectivity index (χ0n) is 16.0. The highest BCUT2D eigenvalue weighted by Crippen LogP contribution is 2.28. The van der Waals surface area contributed by atoms with E-state index in [9.17, 15) is 13.2 Å². The van der Waals surface area contributed by atoms with Crippen LogP contribution >= 0.6 is 0 Å². The summed E-state index contributed by atoms with van der Waals surface area (Å²) in [5.74, 6) is 0.244. The van der Waals surface area contributed by atoms with Crippen LogP contribution in [0.3, 0.4) is 0 Å². The number of anilines is 3. The number of benzene rings is 2. The van der Waals surface area contributed by atoms with Gasteiger partial charge in [-0.1, -0.05) is 18.2 Å². The van der Waals surface area contributed by atoms with Gasteiger partial charge in [-0.15, -0.1) is 0 Å². The quantitative estimate of drug-likeness (QED) is 0.858. The van der Waals surface area contributed by atoms with Gasteiger partial charge in [-0.25, -0.2) is 8.42 Å². The van der Waals surface area contributed by atoms with E-state index in [-0.39, 0.29) is 17.7 Å². The number of fused-ring (bicyclic) bond motifs is 1. The Morgan fingerprint density at radius 3 is 2.50 bits per heavy atom. The van der Waals surface area contributed by atoms with E-state index in [1.165, 1.54) is 9.87 Å². The highest BCUT2D eigenvalue weighted by Gasteiger charge is 2.29. The second-order valence-electron chi connectivity index (χ2n) is 7.38. The Bertz CT molecular complexity index is 973. The second kappa shape index (κ2) is 7.47. The molecule has 0 bridgehead atoms. The van der Waals surface area contributed by atoms with Gasteiger partial charge in [0.1, 0.15) is 6.04 Å². The van der Waals surface area contributed by atoms with Crippen LogP contribution in [0.15, 0.2) is 48.5 Å². The third kappa shape index (κ3) is 3.58. The molecule has 2 aromatic carbocycles. The van der Waals surface area contributed by atoms with Crippen molar-refractivity contribution in [1.82, 2.24) is 0 Å². The van der Waals surface area contributed by atoms with Gasteiger partial charge in [0.15, 0.2) is 0 Å². The number of hydrogen-bond acceptors (Lipinski definition) is 4. The Morgan fingerprint density at radius 2 is 1.79 bits per heavy atom. The molecule has 2 heterocycles. The van der Waals surface area contributed by atoms with Crippen molar-refractivity contribution in [3.63, 3.8) is 0 Å². The molecule has 148 valence electrons. The number of sulfonamides is 1.